The molecule has 3 rings (SSSR count). The number of nitrogens with zero attached hydrogens (tertiary/aromatic N) is 1. The number of hydrogen-bond donors (Lipinski definition) is 0. The third-order valence-electron chi connectivity index (χ3n) is 4.73. The van der Waals surface area contributed by atoms with Crippen LogP contribution in [0.25, 0.3) is 0 Å². The molecular weight excluding hydrogens is 324 g/mol. The Morgan fingerprint density at radius 2 is 2.00 bits per heavy atom. The molecule has 5 heteroatoms. The van der Waals surface area contributed by atoms with Crippen molar-refractivity contribution in [2.75, 3.05) is 0 Å². The van der Waals surface area contributed by atoms with Crippen molar-refractivity contribution in [1.82, 2.24) is 4.90 Å². The smallest absolute Gasteiger partial charge is 0.411 e. The summed E-state index contributed by atoms with van der Waals surface area (Å²) in [5, 5.41) is 0. The van der Waals surface area contributed by atoms with Gasteiger partial charge in [0.2, 0.25) is 0 Å². The summed E-state index contributed by atoms with van der Waals surface area (Å²) in [5.74, 6) is -1.64. The van der Waals surface area contributed by atoms with Gasteiger partial charge in [-0.2, -0.15) is 0 Å². The van der Waals surface area contributed by atoms with Gasteiger partial charge in [-0.1, -0.05) is 17.7 Å². The van der Waals surface area contributed by atoms with Crippen LogP contribution in [0, 0.1) is 11.6 Å². The lowest BCUT2D eigenvalue weighted by atomic mass is 9.83. The van der Waals surface area contributed by atoms with Crippen LogP contribution in [0.4, 0.5) is 13.6 Å². The van der Waals surface area contributed by atoms with E-state index in [2.05, 4.69) is 6.08 Å². The second kappa shape index (κ2) is 6.77. The molecule has 136 valence electrons. The zero-order valence-electron chi connectivity index (χ0n) is 15.0. The summed E-state index contributed by atoms with van der Waals surface area (Å²) in [6.45, 7) is 5.61. The molecule has 2 unspecified atom stereocenters. The summed E-state index contributed by atoms with van der Waals surface area (Å²) in [6.07, 6.45) is 6.15. The Balaban J connectivity index is 1.76. The molecule has 0 N–H and O–H groups in total. The predicted octanol–water partition coefficient (Wildman–Crippen LogP) is 5.00. The molecule has 25 heavy (non-hydrogen) atoms. The van der Waals surface area contributed by atoms with E-state index in [0.717, 1.165) is 31.2 Å². The third-order valence-corrected chi connectivity index (χ3v) is 4.73. The molecule has 2 bridgehead atoms. The van der Waals surface area contributed by atoms with Crippen molar-refractivity contribution in [3.05, 3.63) is 47.0 Å². The number of rotatable bonds is 2. The molecule has 2 aliphatic heterocycles. The second-order valence-electron chi connectivity index (χ2n) is 7.99. The molecule has 0 aliphatic carbocycles. The van der Waals surface area contributed by atoms with Crippen LogP contribution < -0.4 is 0 Å². The van der Waals surface area contributed by atoms with E-state index in [0.29, 0.717) is 6.42 Å². The van der Waals surface area contributed by atoms with Gasteiger partial charge in [-0.15, -0.1) is 0 Å². The van der Waals surface area contributed by atoms with Gasteiger partial charge in [0.05, 0.1) is 6.04 Å². The Morgan fingerprint density at radius 1 is 1.24 bits per heavy atom. The minimum Gasteiger partial charge on any atom is -0.444 e. The summed E-state index contributed by atoms with van der Waals surface area (Å²) in [6, 6.07) is 4.20. The lowest BCUT2D eigenvalue weighted by molar-refractivity contribution is -0.00150. The SMILES string of the molecule is CC(C)(C)OC(=O)N1C2C=C(Cc3ccc(F)c(F)c3)CC1CCC2. The molecule has 1 fully saturated rings. The maximum absolute atomic E-state index is 13.4. The lowest BCUT2D eigenvalue weighted by Gasteiger charge is -2.45. The summed E-state index contributed by atoms with van der Waals surface area (Å²) >= 11 is 0. The molecule has 0 aromatic heterocycles. The minimum absolute atomic E-state index is 0.0302. The van der Waals surface area contributed by atoms with E-state index in [1.54, 1.807) is 6.07 Å². The highest BCUT2D eigenvalue weighted by molar-refractivity contribution is 5.70. The van der Waals surface area contributed by atoms with Crippen LogP contribution in [0.2, 0.25) is 0 Å². The van der Waals surface area contributed by atoms with Crippen molar-refractivity contribution in [1.29, 1.82) is 0 Å². The molecule has 2 aliphatic rings. The average Bonchev–Trinajstić information content (AvgIpc) is 2.48. The third kappa shape index (κ3) is 4.20. The van der Waals surface area contributed by atoms with Crippen molar-refractivity contribution in [2.24, 2.45) is 0 Å². The first-order valence-electron chi connectivity index (χ1n) is 8.88. The average molecular weight is 349 g/mol. The van der Waals surface area contributed by atoms with Gasteiger partial charge in [-0.3, -0.25) is 4.90 Å². The first-order valence-corrected chi connectivity index (χ1v) is 8.88. The zero-order valence-corrected chi connectivity index (χ0v) is 15.0. The highest BCUT2D eigenvalue weighted by Gasteiger charge is 2.39. The largest absolute Gasteiger partial charge is 0.444 e. The number of piperidine rings is 1. The Labute approximate surface area is 147 Å². The molecular formula is C20H25F2NO2. The van der Waals surface area contributed by atoms with E-state index in [4.69, 9.17) is 4.74 Å². The van der Waals surface area contributed by atoms with E-state index in [-0.39, 0.29) is 18.2 Å². The van der Waals surface area contributed by atoms with E-state index < -0.39 is 17.2 Å². The normalized spacial score (nSPS) is 23.2. The number of halogens is 2. The Bertz CT molecular complexity index is 693. The molecule has 0 radical (unpaired) electrons. The number of carbonyl (C=O) groups is 1. The first kappa shape index (κ1) is 17.9. The van der Waals surface area contributed by atoms with Crippen LogP contribution in [-0.2, 0) is 11.2 Å². The van der Waals surface area contributed by atoms with Gasteiger partial charge in [0.1, 0.15) is 5.60 Å². The monoisotopic (exact) mass is 349 g/mol. The van der Waals surface area contributed by atoms with E-state index >= 15 is 0 Å². The predicted molar refractivity (Wildman–Crippen MR) is 92.3 cm³/mol. The number of amides is 1. The second-order valence-corrected chi connectivity index (χ2v) is 7.99. The number of ether oxygens (including phenoxy) is 1. The van der Waals surface area contributed by atoms with Crippen LogP contribution in [0.5, 0.6) is 0 Å². The van der Waals surface area contributed by atoms with Crippen LogP contribution in [0.3, 0.4) is 0 Å². The highest BCUT2D eigenvalue weighted by Crippen LogP contribution is 2.35. The fourth-order valence-electron chi connectivity index (χ4n) is 3.76. The van der Waals surface area contributed by atoms with Crippen molar-refractivity contribution in [3.63, 3.8) is 0 Å². The van der Waals surface area contributed by atoms with Gasteiger partial charge < -0.3 is 4.74 Å². The van der Waals surface area contributed by atoms with Gasteiger partial charge >= 0.3 is 6.09 Å². The molecule has 2 heterocycles. The van der Waals surface area contributed by atoms with E-state index in [1.165, 1.54) is 17.7 Å². The van der Waals surface area contributed by atoms with Crippen LogP contribution in [0.15, 0.2) is 29.8 Å². The molecule has 1 amide bonds. The summed E-state index contributed by atoms with van der Waals surface area (Å²) in [7, 11) is 0. The Kier molecular flexibility index (Phi) is 4.85. The maximum atomic E-state index is 13.4. The summed E-state index contributed by atoms with van der Waals surface area (Å²) < 4.78 is 32.1. The molecule has 1 saturated heterocycles. The summed E-state index contributed by atoms with van der Waals surface area (Å²) in [4.78, 5) is 14.4. The van der Waals surface area contributed by atoms with Crippen molar-refractivity contribution in [2.45, 2.75) is 70.6 Å². The van der Waals surface area contributed by atoms with Gasteiger partial charge in [0, 0.05) is 6.04 Å². The molecule has 1 aromatic carbocycles. The topological polar surface area (TPSA) is 29.5 Å². The highest BCUT2D eigenvalue weighted by atomic mass is 19.2. The Hall–Kier alpha value is -1.91. The van der Waals surface area contributed by atoms with Crippen LogP contribution in [-0.4, -0.2) is 28.7 Å². The van der Waals surface area contributed by atoms with E-state index in [9.17, 15) is 13.6 Å². The quantitative estimate of drug-likeness (QED) is 0.704. The summed E-state index contributed by atoms with van der Waals surface area (Å²) in [5.41, 5.74) is 1.43. The van der Waals surface area contributed by atoms with Crippen molar-refractivity contribution >= 4 is 6.09 Å². The molecule has 0 saturated carbocycles. The standard InChI is InChI=1S/C20H25F2NO2/c1-20(2,3)25-19(24)23-15-5-4-6-16(23)11-14(10-15)9-13-7-8-17(21)18(22)12-13/h7-8,10,12,15-16H,4-6,9,11H2,1-3H3. The fourth-order valence-corrected chi connectivity index (χ4v) is 3.76. The van der Waals surface area contributed by atoms with Gasteiger partial charge in [-0.25, -0.2) is 13.6 Å². The molecule has 3 nitrogen and oxygen atoms in total. The maximum Gasteiger partial charge on any atom is 0.411 e. The van der Waals surface area contributed by atoms with Gasteiger partial charge in [-0.05, 0) is 70.6 Å². The minimum atomic E-state index is -0.825. The molecule has 1 aromatic rings. The number of carbonyl (C=O) groups excluding carboxylic acids is 1. The van der Waals surface area contributed by atoms with Crippen molar-refractivity contribution < 1.29 is 18.3 Å². The number of hydrogen-bond acceptors (Lipinski definition) is 2. The van der Waals surface area contributed by atoms with Crippen LogP contribution >= 0.6 is 0 Å². The van der Waals surface area contributed by atoms with Crippen molar-refractivity contribution in [3.8, 4) is 0 Å². The zero-order chi connectivity index (χ0) is 18.2. The number of benzene rings is 1. The molecule has 2 atom stereocenters. The van der Waals surface area contributed by atoms with Gasteiger partial charge in [0.25, 0.3) is 0 Å². The fraction of sp³-hybridized carbons (Fsp3) is 0.550. The Morgan fingerprint density at radius 3 is 2.64 bits per heavy atom. The lowest BCUT2D eigenvalue weighted by Crippen LogP contribution is -2.53. The first-order chi connectivity index (χ1) is 11.7. The van der Waals surface area contributed by atoms with Gasteiger partial charge in [0.15, 0.2) is 11.6 Å². The molecule has 0 spiro atoms. The number of fused-ring (bicyclic) bond motifs is 2. The van der Waals surface area contributed by atoms with E-state index in [1.807, 2.05) is 25.7 Å². The van der Waals surface area contributed by atoms with Crippen LogP contribution in [0.1, 0.15) is 52.0 Å².